The summed E-state index contributed by atoms with van der Waals surface area (Å²) in [6, 6.07) is 0. The van der Waals surface area contributed by atoms with E-state index in [0.29, 0.717) is 39.2 Å². The second-order valence-electron chi connectivity index (χ2n) is 4.95. The van der Waals surface area contributed by atoms with Crippen molar-refractivity contribution in [3.05, 3.63) is 0 Å². The van der Waals surface area contributed by atoms with Crippen molar-refractivity contribution in [2.45, 2.75) is 12.5 Å². The van der Waals surface area contributed by atoms with Gasteiger partial charge in [0.1, 0.15) is 0 Å². The van der Waals surface area contributed by atoms with Crippen LogP contribution in [0.3, 0.4) is 0 Å². The number of rotatable bonds is 4. The first kappa shape index (κ1) is 14.2. The van der Waals surface area contributed by atoms with Crippen LogP contribution in [0.5, 0.6) is 0 Å². The van der Waals surface area contributed by atoms with Gasteiger partial charge in [-0.05, 0) is 0 Å². The fraction of sp³-hybridized carbons (Fsp3) is 0.833. The van der Waals surface area contributed by atoms with Crippen LogP contribution >= 0.6 is 0 Å². The molecule has 2 fully saturated rings. The maximum Gasteiger partial charge on any atom is 0.317 e. The summed E-state index contributed by atoms with van der Waals surface area (Å²) in [5, 5.41) is 11.9. The highest BCUT2D eigenvalue weighted by atomic mass is 16.5. The Morgan fingerprint density at radius 3 is 2.58 bits per heavy atom. The van der Waals surface area contributed by atoms with Crippen LogP contribution in [-0.2, 0) is 14.3 Å². The van der Waals surface area contributed by atoms with Crippen LogP contribution in [0.25, 0.3) is 0 Å². The fourth-order valence-electron chi connectivity index (χ4n) is 2.42. The lowest BCUT2D eigenvalue weighted by molar-refractivity contribution is -0.140. The number of ether oxygens (including phenoxy) is 1. The van der Waals surface area contributed by atoms with E-state index in [2.05, 4.69) is 5.32 Å². The van der Waals surface area contributed by atoms with Gasteiger partial charge in [-0.2, -0.15) is 0 Å². The molecule has 1 amide bonds. The smallest absolute Gasteiger partial charge is 0.317 e. The van der Waals surface area contributed by atoms with Gasteiger partial charge in [0, 0.05) is 39.3 Å². The number of carboxylic acids is 1. The van der Waals surface area contributed by atoms with E-state index in [0.717, 1.165) is 13.1 Å². The minimum Gasteiger partial charge on any atom is -0.480 e. The van der Waals surface area contributed by atoms with E-state index < -0.39 is 5.97 Å². The van der Waals surface area contributed by atoms with Gasteiger partial charge >= 0.3 is 5.97 Å². The monoisotopic (exact) mass is 271 g/mol. The first-order chi connectivity index (χ1) is 9.15. The summed E-state index contributed by atoms with van der Waals surface area (Å²) < 4.78 is 5.52. The minimum absolute atomic E-state index is 0.0294. The van der Waals surface area contributed by atoms with Gasteiger partial charge in [0.25, 0.3) is 0 Å². The highest BCUT2D eigenvalue weighted by Gasteiger charge is 2.25. The van der Waals surface area contributed by atoms with Gasteiger partial charge in [-0.1, -0.05) is 0 Å². The van der Waals surface area contributed by atoms with Crippen LogP contribution in [0.4, 0.5) is 0 Å². The number of hydrogen-bond donors (Lipinski definition) is 2. The maximum absolute atomic E-state index is 12.1. The van der Waals surface area contributed by atoms with E-state index in [1.807, 2.05) is 4.90 Å². The Labute approximate surface area is 112 Å². The van der Waals surface area contributed by atoms with E-state index in [9.17, 15) is 9.59 Å². The molecular weight excluding hydrogens is 250 g/mol. The standard InChI is InChI=1S/C12H21N3O4/c16-11(7-10-8-13-1-6-19-10)15-4-2-14(3-5-15)9-12(17)18/h10,13H,1-9H2,(H,17,18). The average Bonchev–Trinajstić information content (AvgIpc) is 2.40. The second kappa shape index (κ2) is 6.83. The lowest BCUT2D eigenvalue weighted by atomic mass is 10.2. The van der Waals surface area contributed by atoms with Crippen LogP contribution in [0, 0.1) is 0 Å². The van der Waals surface area contributed by atoms with E-state index in [4.69, 9.17) is 9.84 Å². The van der Waals surface area contributed by atoms with Crippen molar-refractivity contribution in [2.24, 2.45) is 0 Å². The van der Waals surface area contributed by atoms with Crippen LogP contribution in [-0.4, -0.2) is 85.3 Å². The third kappa shape index (κ3) is 4.45. The molecule has 0 aromatic carbocycles. The lowest BCUT2D eigenvalue weighted by Crippen LogP contribution is -2.51. The summed E-state index contributed by atoms with van der Waals surface area (Å²) >= 11 is 0. The first-order valence-corrected chi connectivity index (χ1v) is 6.69. The Bertz CT molecular complexity index is 323. The van der Waals surface area contributed by atoms with Gasteiger partial charge < -0.3 is 20.1 Å². The summed E-state index contributed by atoms with van der Waals surface area (Å²) in [6.07, 6.45) is 0.379. The van der Waals surface area contributed by atoms with Crippen molar-refractivity contribution in [1.82, 2.24) is 15.1 Å². The molecule has 2 heterocycles. The molecule has 2 saturated heterocycles. The highest BCUT2D eigenvalue weighted by molar-refractivity contribution is 5.77. The molecule has 0 spiro atoms. The SMILES string of the molecule is O=C(O)CN1CCN(C(=O)CC2CNCCO2)CC1. The maximum atomic E-state index is 12.1. The van der Waals surface area contributed by atoms with Gasteiger partial charge in [-0.15, -0.1) is 0 Å². The van der Waals surface area contributed by atoms with E-state index in [1.165, 1.54) is 0 Å². The molecule has 2 aliphatic rings. The zero-order valence-corrected chi connectivity index (χ0v) is 11.0. The summed E-state index contributed by atoms with van der Waals surface area (Å²) in [7, 11) is 0. The van der Waals surface area contributed by atoms with Crippen LogP contribution in [0.2, 0.25) is 0 Å². The number of nitrogens with zero attached hydrogens (tertiary/aromatic N) is 2. The van der Waals surface area contributed by atoms with Crippen LogP contribution in [0.15, 0.2) is 0 Å². The third-order valence-electron chi connectivity index (χ3n) is 3.49. The molecule has 0 aromatic heterocycles. The number of carbonyl (C=O) groups excluding carboxylic acids is 1. The Hall–Kier alpha value is -1.18. The molecule has 0 bridgehead atoms. The molecule has 7 heteroatoms. The van der Waals surface area contributed by atoms with Gasteiger partial charge in [0.15, 0.2) is 0 Å². The van der Waals surface area contributed by atoms with Crippen molar-refractivity contribution < 1.29 is 19.4 Å². The van der Waals surface area contributed by atoms with Crippen molar-refractivity contribution in [1.29, 1.82) is 0 Å². The third-order valence-corrected chi connectivity index (χ3v) is 3.49. The van der Waals surface area contributed by atoms with Gasteiger partial charge in [-0.25, -0.2) is 0 Å². The topological polar surface area (TPSA) is 82.1 Å². The fourth-order valence-corrected chi connectivity index (χ4v) is 2.42. The number of carboxylic acid groups (broad SMARTS) is 1. The quantitative estimate of drug-likeness (QED) is 0.654. The molecule has 19 heavy (non-hydrogen) atoms. The van der Waals surface area contributed by atoms with Crippen LogP contribution < -0.4 is 5.32 Å². The molecule has 0 radical (unpaired) electrons. The molecule has 2 aliphatic heterocycles. The largest absolute Gasteiger partial charge is 0.480 e. The molecule has 7 nitrogen and oxygen atoms in total. The Morgan fingerprint density at radius 2 is 2.00 bits per heavy atom. The molecule has 2 N–H and O–H groups in total. The Morgan fingerprint density at radius 1 is 1.26 bits per heavy atom. The van der Waals surface area contributed by atoms with Crippen molar-refractivity contribution in [3.63, 3.8) is 0 Å². The van der Waals surface area contributed by atoms with Gasteiger partial charge in [0.2, 0.25) is 5.91 Å². The number of aliphatic carboxylic acids is 1. The van der Waals surface area contributed by atoms with Gasteiger partial charge in [0.05, 0.1) is 25.7 Å². The summed E-state index contributed by atoms with van der Waals surface area (Å²) in [4.78, 5) is 26.3. The minimum atomic E-state index is -0.818. The van der Waals surface area contributed by atoms with E-state index in [1.54, 1.807) is 4.90 Å². The summed E-state index contributed by atoms with van der Waals surface area (Å²) in [5.74, 6) is -0.717. The predicted molar refractivity (Wildman–Crippen MR) is 67.9 cm³/mol. The van der Waals surface area contributed by atoms with Crippen molar-refractivity contribution in [2.75, 3.05) is 52.4 Å². The number of hydrogen-bond acceptors (Lipinski definition) is 5. The number of nitrogens with one attached hydrogen (secondary N) is 1. The van der Waals surface area contributed by atoms with Crippen molar-refractivity contribution >= 4 is 11.9 Å². The van der Waals surface area contributed by atoms with Crippen LogP contribution in [0.1, 0.15) is 6.42 Å². The highest BCUT2D eigenvalue weighted by Crippen LogP contribution is 2.08. The predicted octanol–water partition coefficient (Wildman–Crippen LogP) is -1.41. The lowest BCUT2D eigenvalue weighted by Gasteiger charge is -2.35. The zero-order chi connectivity index (χ0) is 13.7. The molecule has 1 unspecified atom stereocenters. The summed E-state index contributed by atoms with van der Waals surface area (Å²) in [6.45, 7) is 4.74. The molecule has 0 aromatic rings. The van der Waals surface area contributed by atoms with Crippen molar-refractivity contribution in [3.8, 4) is 0 Å². The Kier molecular flexibility index (Phi) is 5.12. The molecule has 0 aliphatic carbocycles. The first-order valence-electron chi connectivity index (χ1n) is 6.69. The number of morpholine rings is 1. The zero-order valence-electron chi connectivity index (χ0n) is 11.0. The van der Waals surface area contributed by atoms with Gasteiger partial charge in [-0.3, -0.25) is 14.5 Å². The number of amides is 1. The summed E-state index contributed by atoms with van der Waals surface area (Å²) in [5.41, 5.74) is 0. The van der Waals surface area contributed by atoms with E-state index >= 15 is 0 Å². The van der Waals surface area contributed by atoms with E-state index in [-0.39, 0.29) is 18.6 Å². The normalized spacial score (nSPS) is 25.3. The number of carbonyl (C=O) groups is 2. The molecule has 108 valence electrons. The Balaban J connectivity index is 1.71. The molecule has 1 atom stereocenters. The molecular formula is C12H21N3O4. The average molecular weight is 271 g/mol. The number of piperazine rings is 1. The second-order valence-corrected chi connectivity index (χ2v) is 4.95. The molecule has 0 saturated carbocycles. The molecule has 2 rings (SSSR count).